The molecule has 0 saturated heterocycles. The summed E-state index contributed by atoms with van der Waals surface area (Å²) in [6.07, 6.45) is 2.46. The van der Waals surface area contributed by atoms with E-state index in [1.807, 2.05) is 0 Å². The number of carbonyl (C=O) groups is 2. The molecule has 1 aromatic carbocycles. The summed E-state index contributed by atoms with van der Waals surface area (Å²) in [7, 11) is 0. The van der Waals surface area contributed by atoms with Gasteiger partial charge in [0.15, 0.2) is 0 Å². The smallest absolute Gasteiger partial charge is 0.251 e. The molecule has 2 rings (SSSR count). The number of likely N-dealkylation sites (N-methyl/N-ethyl adjacent to an activating group) is 1. The number of benzene rings is 1. The topological polar surface area (TPSA) is 87.5 Å². The summed E-state index contributed by atoms with van der Waals surface area (Å²) in [6, 6.07) is 7.20. The maximum Gasteiger partial charge on any atom is 0.251 e. The van der Waals surface area contributed by atoms with Crippen LogP contribution in [0.5, 0.6) is 0 Å². The van der Waals surface area contributed by atoms with E-state index in [4.69, 9.17) is 5.73 Å². The summed E-state index contributed by atoms with van der Waals surface area (Å²) in [5, 5.41) is 5.84. The fourth-order valence-corrected chi connectivity index (χ4v) is 3.21. The molecule has 1 saturated carbocycles. The van der Waals surface area contributed by atoms with Crippen molar-refractivity contribution in [2.24, 2.45) is 11.7 Å². The number of nitrogens with two attached hydrogens (primary N) is 1. The van der Waals surface area contributed by atoms with Gasteiger partial charge >= 0.3 is 0 Å². The van der Waals surface area contributed by atoms with E-state index < -0.39 is 0 Å². The average molecular weight is 346 g/mol. The van der Waals surface area contributed by atoms with Gasteiger partial charge in [0.05, 0.1) is 0 Å². The quantitative estimate of drug-likeness (QED) is 0.670. The normalized spacial score (nSPS) is 19.8. The molecular formula is C19H30N4O2. The average Bonchev–Trinajstić information content (AvgIpc) is 3.05. The number of nitrogens with one attached hydrogen (secondary N) is 2. The second-order valence-electron chi connectivity index (χ2n) is 6.62. The van der Waals surface area contributed by atoms with Crippen molar-refractivity contribution in [3.63, 3.8) is 0 Å². The van der Waals surface area contributed by atoms with Gasteiger partial charge in [-0.05, 0) is 50.6 Å². The Balaban J connectivity index is 1.87. The van der Waals surface area contributed by atoms with Gasteiger partial charge < -0.3 is 21.3 Å². The highest BCUT2D eigenvalue weighted by Crippen LogP contribution is 2.25. The van der Waals surface area contributed by atoms with Crippen molar-refractivity contribution < 1.29 is 9.59 Å². The Morgan fingerprint density at radius 3 is 2.64 bits per heavy atom. The molecular weight excluding hydrogens is 316 g/mol. The minimum Gasteiger partial charge on any atom is -0.351 e. The van der Waals surface area contributed by atoms with Crippen LogP contribution in [-0.4, -0.2) is 48.9 Å². The molecule has 2 amide bonds. The zero-order valence-corrected chi connectivity index (χ0v) is 15.3. The number of carbonyl (C=O) groups excluding carboxylic acids is 2. The van der Waals surface area contributed by atoms with E-state index >= 15 is 0 Å². The molecule has 4 N–H and O–H groups in total. The monoisotopic (exact) mass is 346 g/mol. The number of hydrogen-bond donors (Lipinski definition) is 3. The van der Waals surface area contributed by atoms with Crippen molar-refractivity contribution in [3.05, 3.63) is 29.8 Å². The van der Waals surface area contributed by atoms with E-state index in [-0.39, 0.29) is 23.8 Å². The van der Waals surface area contributed by atoms with Gasteiger partial charge in [-0.25, -0.2) is 0 Å². The van der Waals surface area contributed by atoms with Crippen molar-refractivity contribution in [1.82, 2.24) is 10.2 Å². The van der Waals surface area contributed by atoms with Crippen molar-refractivity contribution in [1.29, 1.82) is 0 Å². The molecule has 0 aliphatic heterocycles. The second-order valence-corrected chi connectivity index (χ2v) is 6.62. The van der Waals surface area contributed by atoms with Crippen LogP contribution >= 0.6 is 0 Å². The summed E-state index contributed by atoms with van der Waals surface area (Å²) in [5.41, 5.74) is 7.08. The Morgan fingerprint density at radius 2 is 2.00 bits per heavy atom. The highest BCUT2D eigenvalue weighted by Gasteiger charge is 2.27. The molecule has 1 aromatic rings. The maximum absolute atomic E-state index is 12.3. The third-order valence-electron chi connectivity index (χ3n) is 4.84. The zero-order valence-electron chi connectivity index (χ0n) is 15.3. The van der Waals surface area contributed by atoms with Crippen LogP contribution in [0.2, 0.25) is 0 Å². The third kappa shape index (κ3) is 5.83. The van der Waals surface area contributed by atoms with E-state index in [9.17, 15) is 9.59 Å². The highest BCUT2D eigenvalue weighted by molar-refractivity contribution is 5.97. The molecule has 2 unspecified atom stereocenters. The number of hydrogen-bond acceptors (Lipinski definition) is 4. The summed E-state index contributed by atoms with van der Waals surface area (Å²) >= 11 is 0. The predicted octanol–water partition coefficient (Wildman–Crippen LogP) is 1.82. The van der Waals surface area contributed by atoms with Crippen LogP contribution in [0.25, 0.3) is 0 Å². The summed E-state index contributed by atoms with van der Waals surface area (Å²) < 4.78 is 0. The van der Waals surface area contributed by atoms with Crippen LogP contribution in [0.4, 0.5) is 5.69 Å². The lowest BCUT2D eigenvalue weighted by Gasteiger charge is -2.18. The molecule has 0 aromatic heterocycles. The van der Waals surface area contributed by atoms with Gasteiger partial charge in [-0.1, -0.05) is 19.9 Å². The van der Waals surface area contributed by atoms with Gasteiger partial charge in [-0.15, -0.1) is 0 Å². The van der Waals surface area contributed by atoms with Crippen LogP contribution in [-0.2, 0) is 4.79 Å². The molecule has 6 heteroatoms. The van der Waals surface area contributed by atoms with E-state index in [0.717, 1.165) is 38.9 Å². The van der Waals surface area contributed by atoms with Crippen molar-refractivity contribution in [3.8, 4) is 0 Å². The zero-order chi connectivity index (χ0) is 18.2. The summed E-state index contributed by atoms with van der Waals surface area (Å²) in [4.78, 5) is 26.8. The lowest BCUT2D eigenvalue weighted by atomic mass is 10.1. The maximum atomic E-state index is 12.3. The Kier molecular flexibility index (Phi) is 7.40. The lowest BCUT2D eigenvalue weighted by Crippen LogP contribution is -2.34. The summed E-state index contributed by atoms with van der Waals surface area (Å²) in [6.45, 7) is 7.59. The molecule has 1 fully saturated rings. The molecule has 0 radical (unpaired) electrons. The van der Waals surface area contributed by atoms with E-state index in [1.165, 1.54) is 0 Å². The first-order valence-electron chi connectivity index (χ1n) is 9.20. The van der Waals surface area contributed by atoms with Gasteiger partial charge in [0.25, 0.3) is 5.91 Å². The minimum atomic E-state index is -0.119. The Bertz CT molecular complexity index is 587. The fourth-order valence-electron chi connectivity index (χ4n) is 3.21. The third-order valence-corrected chi connectivity index (χ3v) is 4.84. The van der Waals surface area contributed by atoms with Crippen LogP contribution < -0.4 is 16.4 Å². The SMILES string of the molecule is CCN(CC)CCNC(=O)c1cccc(NC(=O)C2CCC(N)C2)c1. The van der Waals surface area contributed by atoms with Crippen molar-refractivity contribution in [2.75, 3.05) is 31.5 Å². The van der Waals surface area contributed by atoms with E-state index in [2.05, 4.69) is 29.4 Å². The van der Waals surface area contributed by atoms with Gasteiger partial charge in [-0.3, -0.25) is 9.59 Å². The Hall–Kier alpha value is -1.92. The number of rotatable bonds is 8. The molecule has 0 heterocycles. The van der Waals surface area contributed by atoms with Gasteiger partial charge in [0.1, 0.15) is 0 Å². The molecule has 25 heavy (non-hydrogen) atoms. The van der Waals surface area contributed by atoms with E-state index in [0.29, 0.717) is 17.8 Å². The first kappa shape index (κ1) is 19.4. The molecule has 138 valence electrons. The minimum absolute atomic E-state index is 0.00737. The first-order chi connectivity index (χ1) is 12.0. The Morgan fingerprint density at radius 1 is 1.24 bits per heavy atom. The molecule has 2 atom stereocenters. The largest absolute Gasteiger partial charge is 0.351 e. The van der Waals surface area contributed by atoms with Crippen LogP contribution in [0.1, 0.15) is 43.5 Å². The van der Waals surface area contributed by atoms with Crippen molar-refractivity contribution in [2.45, 2.75) is 39.2 Å². The van der Waals surface area contributed by atoms with Crippen LogP contribution in [0.15, 0.2) is 24.3 Å². The van der Waals surface area contributed by atoms with Crippen LogP contribution in [0.3, 0.4) is 0 Å². The molecule has 0 bridgehead atoms. The number of anilines is 1. The standard InChI is InChI=1S/C19H30N4O2/c1-3-23(4-2)11-10-21-18(24)14-6-5-7-17(13-14)22-19(25)15-8-9-16(20)12-15/h5-7,13,15-16H,3-4,8-12,20H2,1-2H3,(H,21,24)(H,22,25). The van der Waals surface area contributed by atoms with Gasteiger partial charge in [0.2, 0.25) is 5.91 Å². The number of amides is 2. The van der Waals surface area contributed by atoms with Crippen molar-refractivity contribution >= 4 is 17.5 Å². The summed E-state index contributed by atoms with van der Waals surface area (Å²) in [5.74, 6) is -0.153. The van der Waals surface area contributed by atoms with Gasteiger partial charge in [-0.2, -0.15) is 0 Å². The molecule has 1 aliphatic rings. The highest BCUT2D eigenvalue weighted by atomic mass is 16.2. The molecule has 6 nitrogen and oxygen atoms in total. The first-order valence-corrected chi connectivity index (χ1v) is 9.20. The molecule has 0 spiro atoms. The predicted molar refractivity (Wildman–Crippen MR) is 101 cm³/mol. The van der Waals surface area contributed by atoms with Gasteiger partial charge in [0, 0.05) is 36.3 Å². The number of nitrogens with zero attached hydrogens (tertiary/aromatic N) is 1. The fraction of sp³-hybridized carbons (Fsp3) is 0.579. The second kappa shape index (κ2) is 9.53. The Labute approximate surface area is 150 Å². The molecule has 1 aliphatic carbocycles. The van der Waals surface area contributed by atoms with Crippen LogP contribution in [0, 0.1) is 5.92 Å². The lowest BCUT2D eigenvalue weighted by molar-refractivity contribution is -0.119. The van der Waals surface area contributed by atoms with E-state index in [1.54, 1.807) is 24.3 Å².